The number of hydrogen-bond acceptors (Lipinski definition) is 7. The molecule has 1 aliphatic rings. The van der Waals surface area contributed by atoms with E-state index in [1.54, 1.807) is 24.1 Å². The molecule has 3 aromatic rings. The predicted molar refractivity (Wildman–Crippen MR) is 128 cm³/mol. The van der Waals surface area contributed by atoms with Crippen molar-refractivity contribution in [1.82, 2.24) is 29.7 Å². The molecule has 176 valence electrons. The van der Waals surface area contributed by atoms with Crippen LogP contribution >= 0.6 is 23.2 Å². The molecule has 2 amide bonds. The lowest BCUT2D eigenvalue weighted by Crippen LogP contribution is -2.46. The number of fused-ring (bicyclic) bond motifs is 1. The third kappa shape index (κ3) is 4.22. The van der Waals surface area contributed by atoms with E-state index in [4.69, 9.17) is 23.2 Å². The van der Waals surface area contributed by atoms with Gasteiger partial charge in [-0.15, -0.1) is 0 Å². The lowest BCUT2D eigenvalue weighted by atomic mass is 9.98. The molecular weight excluding hydrogens is 481 g/mol. The second-order valence-corrected chi connectivity index (χ2v) is 8.52. The normalized spacial score (nSPS) is 15.0. The van der Waals surface area contributed by atoms with Gasteiger partial charge < -0.3 is 15.5 Å². The molecule has 2 aromatic heterocycles. The molecule has 4 rings (SSSR count). The van der Waals surface area contributed by atoms with Crippen molar-refractivity contribution < 1.29 is 9.59 Å². The highest BCUT2D eigenvalue weighted by atomic mass is 35.5. The number of nitrogens with one attached hydrogen (secondary N) is 2. The van der Waals surface area contributed by atoms with Crippen molar-refractivity contribution in [3.8, 4) is 5.69 Å². The Kier molecular flexibility index (Phi) is 6.54. The van der Waals surface area contributed by atoms with Gasteiger partial charge in [0.25, 0.3) is 17.4 Å². The maximum absolute atomic E-state index is 13.5. The Hall–Kier alpha value is -3.50. The Morgan fingerprint density at radius 3 is 2.44 bits per heavy atom. The Bertz CT molecular complexity index is 1340. The van der Waals surface area contributed by atoms with Crippen LogP contribution in [0, 0.1) is 0 Å². The van der Waals surface area contributed by atoms with Gasteiger partial charge in [-0.2, -0.15) is 0 Å². The standard InChI is InChI=1S/C22H21Cl2N7O3/c1-11-6-14-17(10-30(11)20(33)12-4-5-15(23)16(24)7-12)29-22(26-3)31(21(14)34)13-8-27-18(28-9-13)19(32)25-2/h4-5,7-9,11H,6,10H2,1-3H3,(H,25,32)(H,26,29)/t11-/m1/s1. The molecule has 1 aliphatic heterocycles. The summed E-state index contributed by atoms with van der Waals surface area (Å²) in [7, 11) is 3.11. The van der Waals surface area contributed by atoms with Crippen LogP contribution in [0.2, 0.25) is 10.0 Å². The first-order valence-corrected chi connectivity index (χ1v) is 11.1. The maximum Gasteiger partial charge on any atom is 0.288 e. The van der Waals surface area contributed by atoms with E-state index in [1.807, 2.05) is 6.92 Å². The monoisotopic (exact) mass is 501 g/mol. The quantitative estimate of drug-likeness (QED) is 0.562. The van der Waals surface area contributed by atoms with E-state index in [2.05, 4.69) is 25.6 Å². The summed E-state index contributed by atoms with van der Waals surface area (Å²) in [6.07, 6.45) is 3.09. The van der Waals surface area contributed by atoms with E-state index in [1.165, 1.54) is 30.1 Å². The maximum atomic E-state index is 13.5. The fourth-order valence-electron chi connectivity index (χ4n) is 3.80. The molecule has 34 heavy (non-hydrogen) atoms. The second kappa shape index (κ2) is 9.40. The van der Waals surface area contributed by atoms with Crippen LogP contribution in [0.4, 0.5) is 5.95 Å². The molecular formula is C22H21Cl2N7O3. The summed E-state index contributed by atoms with van der Waals surface area (Å²) in [6, 6.07) is 4.46. The average molecular weight is 502 g/mol. The van der Waals surface area contributed by atoms with Crippen LogP contribution in [0.3, 0.4) is 0 Å². The van der Waals surface area contributed by atoms with Crippen molar-refractivity contribution in [2.45, 2.75) is 25.9 Å². The molecule has 0 bridgehead atoms. The molecule has 3 heterocycles. The predicted octanol–water partition coefficient (Wildman–Crippen LogP) is 2.32. The minimum atomic E-state index is -0.433. The smallest absolute Gasteiger partial charge is 0.288 e. The lowest BCUT2D eigenvalue weighted by Gasteiger charge is -2.34. The highest BCUT2D eigenvalue weighted by molar-refractivity contribution is 6.42. The van der Waals surface area contributed by atoms with Crippen LogP contribution in [0.25, 0.3) is 5.69 Å². The Morgan fingerprint density at radius 2 is 1.82 bits per heavy atom. The molecule has 0 radical (unpaired) electrons. The van der Waals surface area contributed by atoms with Gasteiger partial charge in [0.15, 0.2) is 0 Å². The molecule has 0 spiro atoms. The number of hydrogen-bond donors (Lipinski definition) is 2. The number of aromatic nitrogens is 4. The van der Waals surface area contributed by atoms with Crippen molar-refractivity contribution in [2.24, 2.45) is 0 Å². The van der Waals surface area contributed by atoms with E-state index in [0.29, 0.717) is 39.0 Å². The molecule has 0 aliphatic carbocycles. The summed E-state index contributed by atoms with van der Waals surface area (Å²) >= 11 is 12.1. The number of rotatable bonds is 4. The summed E-state index contributed by atoms with van der Waals surface area (Å²) in [5, 5.41) is 6.02. The zero-order valence-electron chi connectivity index (χ0n) is 18.6. The van der Waals surface area contributed by atoms with Gasteiger partial charge in [0.05, 0.1) is 40.4 Å². The molecule has 10 nitrogen and oxygen atoms in total. The van der Waals surface area contributed by atoms with Crippen LogP contribution in [0.1, 0.15) is 39.2 Å². The summed E-state index contributed by atoms with van der Waals surface area (Å²) in [4.78, 5) is 52.7. The van der Waals surface area contributed by atoms with E-state index in [9.17, 15) is 14.4 Å². The minimum absolute atomic E-state index is 0.0127. The first-order valence-electron chi connectivity index (χ1n) is 10.4. The molecule has 0 unspecified atom stereocenters. The van der Waals surface area contributed by atoms with Crippen LogP contribution in [0.5, 0.6) is 0 Å². The highest BCUT2D eigenvalue weighted by Gasteiger charge is 2.32. The second-order valence-electron chi connectivity index (χ2n) is 7.71. The SMILES string of the molecule is CNC(=O)c1ncc(-n2c(NC)nc3c(c2=O)C[C@@H](C)N(C(=O)c2ccc(Cl)c(Cl)c2)C3)cn1. The number of amides is 2. The van der Waals surface area contributed by atoms with Gasteiger partial charge in [-0.1, -0.05) is 23.2 Å². The number of carbonyl (C=O) groups is 2. The highest BCUT2D eigenvalue weighted by Crippen LogP contribution is 2.27. The van der Waals surface area contributed by atoms with E-state index < -0.39 is 5.91 Å². The summed E-state index contributed by atoms with van der Waals surface area (Å²) in [6.45, 7) is 2.03. The van der Waals surface area contributed by atoms with Crippen molar-refractivity contribution in [2.75, 3.05) is 19.4 Å². The van der Waals surface area contributed by atoms with Crippen molar-refractivity contribution >= 4 is 41.0 Å². The van der Waals surface area contributed by atoms with Gasteiger partial charge >= 0.3 is 0 Å². The number of benzene rings is 1. The van der Waals surface area contributed by atoms with E-state index >= 15 is 0 Å². The molecule has 0 fully saturated rings. The number of halogens is 2. The number of nitrogens with zero attached hydrogens (tertiary/aromatic N) is 5. The summed E-state index contributed by atoms with van der Waals surface area (Å²) in [5.74, 6) is -0.415. The molecule has 1 aromatic carbocycles. The zero-order chi connectivity index (χ0) is 24.6. The summed E-state index contributed by atoms with van der Waals surface area (Å²) < 4.78 is 1.36. The van der Waals surface area contributed by atoms with Crippen molar-refractivity contribution in [3.63, 3.8) is 0 Å². The first-order chi connectivity index (χ1) is 16.2. The molecule has 1 atom stereocenters. The fourth-order valence-corrected chi connectivity index (χ4v) is 4.10. The van der Waals surface area contributed by atoms with Crippen LogP contribution in [-0.4, -0.2) is 56.4 Å². The first kappa shape index (κ1) is 23.7. The molecule has 2 N–H and O–H groups in total. The minimum Gasteiger partial charge on any atom is -0.358 e. The lowest BCUT2D eigenvalue weighted by molar-refractivity contribution is 0.0653. The number of carbonyl (C=O) groups excluding carboxylic acids is 2. The molecule has 0 saturated carbocycles. The molecule has 12 heteroatoms. The van der Waals surface area contributed by atoms with Gasteiger partial charge in [0.1, 0.15) is 0 Å². The van der Waals surface area contributed by atoms with Gasteiger partial charge in [-0.25, -0.2) is 19.5 Å². The van der Waals surface area contributed by atoms with Crippen LogP contribution < -0.4 is 16.2 Å². The third-order valence-corrected chi connectivity index (χ3v) is 6.33. The van der Waals surface area contributed by atoms with Gasteiger partial charge in [0.2, 0.25) is 11.8 Å². The van der Waals surface area contributed by atoms with Gasteiger partial charge in [-0.05, 0) is 31.5 Å². The summed E-state index contributed by atoms with van der Waals surface area (Å²) in [5.41, 5.74) is 1.47. The Morgan fingerprint density at radius 1 is 1.12 bits per heavy atom. The molecule has 0 saturated heterocycles. The fraction of sp³-hybridized carbons (Fsp3) is 0.273. The largest absolute Gasteiger partial charge is 0.358 e. The van der Waals surface area contributed by atoms with E-state index in [0.717, 1.165) is 0 Å². The number of anilines is 1. The van der Waals surface area contributed by atoms with Gasteiger partial charge in [-0.3, -0.25) is 14.4 Å². The van der Waals surface area contributed by atoms with Crippen molar-refractivity contribution in [1.29, 1.82) is 0 Å². The Labute approximate surface area is 204 Å². The van der Waals surface area contributed by atoms with E-state index in [-0.39, 0.29) is 35.8 Å². The third-order valence-electron chi connectivity index (χ3n) is 5.59. The Balaban J connectivity index is 1.71. The van der Waals surface area contributed by atoms with Crippen LogP contribution in [-0.2, 0) is 13.0 Å². The van der Waals surface area contributed by atoms with Crippen LogP contribution in [0.15, 0.2) is 35.4 Å². The topological polar surface area (TPSA) is 122 Å². The van der Waals surface area contributed by atoms with Gasteiger partial charge in [0, 0.05) is 31.3 Å². The zero-order valence-corrected chi connectivity index (χ0v) is 20.1. The van der Waals surface area contributed by atoms with Crippen molar-refractivity contribution in [3.05, 3.63) is 73.6 Å². The average Bonchev–Trinajstić information content (AvgIpc) is 2.85.